The third kappa shape index (κ3) is 4.78. The van der Waals surface area contributed by atoms with Gasteiger partial charge in [-0.2, -0.15) is 0 Å². The maximum absolute atomic E-state index is 13.0. The standard InChI is InChI=1S/C23H22ClN3O3/c24-19-9-3-1-6-16(19)11-12-22(28)27(14-17-7-5-13-30-17)15-21-25-20-10-4-2-8-18(20)23(29)26-21/h1-4,6,8-12,17H,5,7,13-15H2,(H,25,26,29)/b12-11+. The number of aromatic amines is 1. The number of amides is 1. The second kappa shape index (κ2) is 9.24. The molecule has 0 bridgehead atoms. The number of aromatic nitrogens is 2. The molecule has 0 spiro atoms. The first-order chi connectivity index (χ1) is 14.6. The minimum Gasteiger partial charge on any atom is -0.376 e. The lowest BCUT2D eigenvalue weighted by Crippen LogP contribution is -2.36. The van der Waals surface area contributed by atoms with Crippen LogP contribution in [-0.2, 0) is 16.1 Å². The molecule has 2 aromatic carbocycles. The number of carbonyl (C=O) groups excluding carboxylic acids is 1. The molecule has 7 heteroatoms. The molecule has 1 saturated heterocycles. The third-order valence-electron chi connectivity index (χ3n) is 5.07. The van der Waals surface area contributed by atoms with E-state index >= 15 is 0 Å². The summed E-state index contributed by atoms with van der Waals surface area (Å²) in [7, 11) is 0. The van der Waals surface area contributed by atoms with E-state index in [1.165, 1.54) is 6.08 Å². The summed E-state index contributed by atoms with van der Waals surface area (Å²) < 4.78 is 5.72. The Morgan fingerprint density at radius 2 is 2.03 bits per heavy atom. The average molecular weight is 424 g/mol. The Bertz CT molecular complexity index is 1140. The summed E-state index contributed by atoms with van der Waals surface area (Å²) in [6.07, 6.45) is 5.06. The smallest absolute Gasteiger partial charge is 0.258 e. The van der Waals surface area contributed by atoms with Gasteiger partial charge in [0.25, 0.3) is 5.56 Å². The first-order valence-electron chi connectivity index (χ1n) is 9.91. The van der Waals surface area contributed by atoms with Crippen LogP contribution in [-0.4, -0.2) is 40.0 Å². The minimum absolute atomic E-state index is 0.0187. The fourth-order valence-electron chi connectivity index (χ4n) is 3.53. The number of para-hydroxylation sites is 1. The molecule has 1 aliphatic rings. The second-order valence-corrected chi connectivity index (χ2v) is 7.65. The quantitative estimate of drug-likeness (QED) is 0.612. The molecule has 0 aliphatic carbocycles. The maximum Gasteiger partial charge on any atom is 0.258 e. The fraction of sp³-hybridized carbons (Fsp3) is 0.261. The van der Waals surface area contributed by atoms with E-state index in [0.29, 0.717) is 34.9 Å². The Kier molecular flexibility index (Phi) is 6.26. The summed E-state index contributed by atoms with van der Waals surface area (Å²) in [6, 6.07) is 14.5. The lowest BCUT2D eigenvalue weighted by Gasteiger charge is -2.24. The van der Waals surface area contributed by atoms with Crippen molar-refractivity contribution in [2.45, 2.75) is 25.5 Å². The van der Waals surface area contributed by atoms with E-state index < -0.39 is 0 Å². The zero-order chi connectivity index (χ0) is 20.9. The molecular formula is C23H22ClN3O3. The van der Waals surface area contributed by atoms with E-state index in [4.69, 9.17) is 16.3 Å². The number of rotatable bonds is 6. The summed E-state index contributed by atoms with van der Waals surface area (Å²) in [6.45, 7) is 1.32. The average Bonchev–Trinajstić information content (AvgIpc) is 3.26. The molecule has 4 rings (SSSR count). The van der Waals surface area contributed by atoms with Gasteiger partial charge < -0.3 is 14.6 Å². The summed E-state index contributed by atoms with van der Waals surface area (Å²) in [4.78, 5) is 34.4. The zero-order valence-electron chi connectivity index (χ0n) is 16.4. The highest BCUT2D eigenvalue weighted by molar-refractivity contribution is 6.32. The molecule has 1 N–H and O–H groups in total. The highest BCUT2D eigenvalue weighted by atomic mass is 35.5. The number of halogens is 1. The van der Waals surface area contributed by atoms with Gasteiger partial charge in [-0.25, -0.2) is 4.98 Å². The summed E-state index contributed by atoms with van der Waals surface area (Å²) in [5.41, 5.74) is 1.15. The summed E-state index contributed by atoms with van der Waals surface area (Å²) >= 11 is 6.18. The van der Waals surface area contributed by atoms with Crippen LogP contribution in [0.5, 0.6) is 0 Å². The molecule has 0 saturated carbocycles. The van der Waals surface area contributed by atoms with Gasteiger partial charge in [0.1, 0.15) is 5.82 Å². The number of fused-ring (bicyclic) bond motifs is 1. The fourth-order valence-corrected chi connectivity index (χ4v) is 3.73. The van der Waals surface area contributed by atoms with Gasteiger partial charge in [0.15, 0.2) is 0 Å². The van der Waals surface area contributed by atoms with Crippen molar-refractivity contribution in [3.63, 3.8) is 0 Å². The number of hydrogen-bond donors (Lipinski definition) is 1. The van der Waals surface area contributed by atoms with E-state index in [-0.39, 0.29) is 24.1 Å². The van der Waals surface area contributed by atoms with Crippen LogP contribution in [0.4, 0.5) is 0 Å². The van der Waals surface area contributed by atoms with Crippen LogP contribution in [0, 0.1) is 0 Å². The molecule has 6 nitrogen and oxygen atoms in total. The molecule has 1 aromatic heterocycles. The SMILES string of the molecule is O=C(/C=C/c1ccccc1Cl)N(Cc1nc2ccccc2c(=O)[nH]1)CC1CCCO1. The molecule has 30 heavy (non-hydrogen) atoms. The molecule has 3 aromatic rings. The maximum atomic E-state index is 13.0. The summed E-state index contributed by atoms with van der Waals surface area (Å²) in [5, 5.41) is 1.10. The Morgan fingerprint density at radius 3 is 2.83 bits per heavy atom. The first kappa shape index (κ1) is 20.3. The topological polar surface area (TPSA) is 75.3 Å². The molecule has 154 valence electrons. The van der Waals surface area contributed by atoms with Crippen molar-refractivity contribution < 1.29 is 9.53 Å². The number of ether oxygens (including phenoxy) is 1. The van der Waals surface area contributed by atoms with Crippen LogP contribution < -0.4 is 5.56 Å². The molecule has 0 radical (unpaired) electrons. The third-order valence-corrected chi connectivity index (χ3v) is 5.42. The van der Waals surface area contributed by atoms with Gasteiger partial charge in [0.2, 0.25) is 5.91 Å². The van der Waals surface area contributed by atoms with Crippen molar-refractivity contribution in [1.82, 2.24) is 14.9 Å². The van der Waals surface area contributed by atoms with Crippen LogP contribution in [0.2, 0.25) is 5.02 Å². The van der Waals surface area contributed by atoms with E-state index in [9.17, 15) is 9.59 Å². The van der Waals surface area contributed by atoms with Gasteiger partial charge in [-0.3, -0.25) is 9.59 Å². The molecular weight excluding hydrogens is 402 g/mol. The van der Waals surface area contributed by atoms with Gasteiger partial charge in [-0.15, -0.1) is 0 Å². The van der Waals surface area contributed by atoms with Crippen LogP contribution in [0.3, 0.4) is 0 Å². The van der Waals surface area contributed by atoms with Gasteiger partial charge in [-0.05, 0) is 42.7 Å². The number of hydrogen-bond acceptors (Lipinski definition) is 4. The Balaban J connectivity index is 1.58. The van der Waals surface area contributed by atoms with Crippen molar-refractivity contribution in [3.8, 4) is 0 Å². The minimum atomic E-state index is -0.216. The Labute approximate surface area is 179 Å². The van der Waals surface area contributed by atoms with E-state index in [1.54, 1.807) is 35.2 Å². The summed E-state index contributed by atoms with van der Waals surface area (Å²) in [5.74, 6) is 0.248. The highest BCUT2D eigenvalue weighted by Gasteiger charge is 2.22. The molecule has 1 aliphatic heterocycles. The van der Waals surface area contributed by atoms with E-state index in [1.807, 2.05) is 24.3 Å². The highest BCUT2D eigenvalue weighted by Crippen LogP contribution is 2.18. The number of H-pyrrole nitrogens is 1. The van der Waals surface area contributed by atoms with Gasteiger partial charge in [0, 0.05) is 24.3 Å². The predicted molar refractivity (Wildman–Crippen MR) is 117 cm³/mol. The number of benzene rings is 2. The molecule has 1 atom stereocenters. The molecule has 2 heterocycles. The number of carbonyl (C=O) groups is 1. The second-order valence-electron chi connectivity index (χ2n) is 7.24. The first-order valence-corrected chi connectivity index (χ1v) is 10.3. The van der Waals surface area contributed by atoms with E-state index in [0.717, 1.165) is 18.4 Å². The monoisotopic (exact) mass is 423 g/mol. The van der Waals surface area contributed by atoms with Crippen LogP contribution in [0.1, 0.15) is 24.2 Å². The zero-order valence-corrected chi connectivity index (χ0v) is 17.1. The van der Waals surface area contributed by atoms with Crippen molar-refractivity contribution >= 4 is 34.5 Å². The Morgan fingerprint density at radius 1 is 1.23 bits per heavy atom. The Hall–Kier alpha value is -2.96. The molecule has 1 unspecified atom stereocenters. The van der Waals surface area contributed by atoms with Crippen LogP contribution >= 0.6 is 11.6 Å². The van der Waals surface area contributed by atoms with Gasteiger partial charge >= 0.3 is 0 Å². The number of nitrogens with zero attached hydrogens (tertiary/aromatic N) is 2. The van der Waals surface area contributed by atoms with Crippen LogP contribution in [0.25, 0.3) is 17.0 Å². The predicted octanol–water partition coefficient (Wildman–Crippen LogP) is 3.80. The normalized spacial score (nSPS) is 16.4. The molecule has 1 fully saturated rings. The number of nitrogens with one attached hydrogen (secondary N) is 1. The van der Waals surface area contributed by atoms with Crippen molar-refractivity contribution in [2.24, 2.45) is 0 Å². The van der Waals surface area contributed by atoms with Crippen molar-refractivity contribution in [1.29, 1.82) is 0 Å². The molecule has 1 amide bonds. The van der Waals surface area contributed by atoms with Crippen molar-refractivity contribution in [2.75, 3.05) is 13.2 Å². The lowest BCUT2D eigenvalue weighted by atomic mass is 10.2. The van der Waals surface area contributed by atoms with Gasteiger partial charge in [-0.1, -0.05) is 41.9 Å². The lowest BCUT2D eigenvalue weighted by molar-refractivity contribution is -0.128. The van der Waals surface area contributed by atoms with Crippen molar-refractivity contribution in [3.05, 3.63) is 81.4 Å². The van der Waals surface area contributed by atoms with Crippen LogP contribution in [0.15, 0.2) is 59.4 Å². The van der Waals surface area contributed by atoms with Gasteiger partial charge in [0.05, 0.1) is 23.6 Å². The van der Waals surface area contributed by atoms with E-state index in [2.05, 4.69) is 9.97 Å². The largest absolute Gasteiger partial charge is 0.376 e.